The molecule has 140 valence electrons. The topological polar surface area (TPSA) is 75.3 Å². The molecule has 2 rings (SSSR count). The summed E-state index contributed by atoms with van der Waals surface area (Å²) in [5.41, 5.74) is 2.60. The average Bonchev–Trinajstić information content (AvgIpc) is 2.50. The van der Waals surface area contributed by atoms with Crippen LogP contribution in [0.25, 0.3) is 0 Å². The van der Waals surface area contributed by atoms with Crippen molar-refractivity contribution >= 4 is 44.8 Å². The third kappa shape index (κ3) is 4.57. The number of hydrogen-bond acceptors (Lipinski definition) is 3. The van der Waals surface area contributed by atoms with Crippen LogP contribution < -0.4 is 10.0 Å². The van der Waals surface area contributed by atoms with E-state index in [0.29, 0.717) is 5.69 Å². The van der Waals surface area contributed by atoms with Crippen molar-refractivity contribution in [3.63, 3.8) is 0 Å². The first kappa shape index (κ1) is 20.7. The van der Waals surface area contributed by atoms with Gasteiger partial charge in [-0.05, 0) is 57.0 Å². The SMILES string of the molecule is Cc1cccc(NC(=O)c2cc(S(=O)(=O)NC(C)C)c(Cl)cc2Cl)c1C. The van der Waals surface area contributed by atoms with Gasteiger partial charge in [0.25, 0.3) is 5.91 Å². The summed E-state index contributed by atoms with van der Waals surface area (Å²) < 4.78 is 27.3. The Morgan fingerprint density at radius 3 is 2.35 bits per heavy atom. The van der Waals surface area contributed by atoms with Gasteiger partial charge in [-0.1, -0.05) is 35.3 Å². The molecule has 0 saturated carbocycles. The number of carbonyl (C=O) groups excluding carboxylic acids is 1. The first-order chi connectivity index (χ1) is 12.0. The Bertz CT molecular complexity index is 957. The lowest BCUT2D eigenvalue weighted by atomic mass is 10.1. The van der Waals surface area contributed by atoms with E-state index in [1.165, 1.54) is 12.1 Å². The van der Waals surface area contributed by atoms with E-state index < -0.39 is 15.9 Å². The second-order valence-electron chi connectivity index (χ2n) is 6.24. The molecular weight excluding hydrogens is 395 g/mol. The molecule has 0 aliphatic rings. The fraction of sp³-hybridized carbons (Fsp3) is 0.278. The predicted molar refractivity (Wildman–Crippen MR) is 106 cm³/mol. The molecule has 0 radical (unpaired) electrons. The summed E-state index contributed by atoms with van der Waals surface area (Å²) in [6, 6.07) is 7.65. The molecule has 5 nitrogen and oxygen atoms in total. The third-order valence-corrected chi connectivity index (χ3v) is 6.24. The molecule has 2 N–H and O–H groups in total. The standard InChI is InChI=1S/C18H20Cl2N2O3S/c1-10(2)22-26(24,25)17-8-13(14(19)9-15(17)20)18(23)21-16-7-5-6-11(3)12(16)4/h5-10,22H,1-4H3,(H,21,23). The summed E-state index contributed by atoms with van der Waals surface area (Å²) in [6.45, 7) is 7.20. The van der Waals surface area contributed by atoms with E-state index in [1.807, 2.05) is 26.0 Å². The van der Waals surface area contributed by atoms with Crippen LogP contribution in [0.1, 0.15) is 35.3 Å². The minimum atomic E-state index is -3.87. The predicted octanol–water partition coefficient (Wildman–Crippen LogP) is 4.55. The van der Waals surface area contributed by atoms with Gasteiger partial charge in [0, 0.05) is 11.7 Å². The number of nitrogens with one attached hydrogen (secondary N) is 2. The number of benzene rings is 2. The summed E-state index contributed by atoms with van der Waals surface area (Å²) in [6.07, 6.45) is 0. The normalized spacial score (nSPS) is 11.7. The van der Waals surface area contributed by atoms with Gasteiger partial charge in [-0.15, -0.1) is 0 Å². The Labute approximate surface area is 163 Å². The first-order valence-corrected chi connectivity index (χ1v) is 10.2. The van der Waals surface area contributed by atoms with Gasteiger partial charge in [0.05, 0.1) is 15.6 Å². The summed E-state index contributed by atoms with van der Waals surface area (Å²) in [7, 11) is -3.87. The maximum atomic E-state index is 12.7. The van der Waals surface area contributed by atoms with E-state index in [0.717, 1.165) is 11.1 Å². The van der Waals surface area contributed by atoms with Gasteiger partial charge in [0.1, 0.15) is 4.90 Å². The van der Waals surface area contributed by atoms with Crippen molar-refractivity contribution in [1.29, 1.82) is 0 Å². The monoisotopic (exact) mass is 414 g/mol. The van der Waals surface area contributed by atoms with Crippen molar-refractivity contribution in [3.05, 3.63) is 57.1 Å². The summed E-state index contributed by atoms with van der Waals surface area (Å²) in [4.78, 5) is 12.5. The summed E-state index contributed by atoms with van der Waals surface area (Å²) in [5, 5.41) is 2.79. The van der Waals surface area contributed by atoms with Crippen molar-refractivity contribution in [2.45, 2.75) is 38.6 Å². The molecule has 26 heavy (non-hydrogen) atoms. The highest BCUT2D eigenvalue weighted by Crippen LogP contribution is 2.30. The zero-order valence-corrected chi connectivity index (χ0v) is 17.2. The number of halogens is 2. The summed E-state index contributed by atoms with van der Waals surface area (Å²) >= 11 is 12.2. The van der Waals surface area contributed by atoms with Crippen molar-refractivity contribution in [1.82, 2.24) is 4.72 Å². The molecule has 0 saturated heterocycles. The van der Waals surface area contributed by atoms with Gasteiger partial charge in [-0.2, -0.15) is 0 Å². The molecular formula is C18H20Cl2N2O3S. The number of rotatable bonds is 5. The molecule has 0 aliphatic heterocycles. The number of amides is 1. The lowest BCUT2D eigenvalue weighted by Gasteiger charge is -2.14. The van der Waals surface area contributed by atoms with Gasteiger partial charge in [-0.25, -0.2) is 13.1 Å². The lowest BCUT2D eigenvalue weighted by Crippen LogP contribution is -2.30. The maximum Gasteiger partial charge on any atom is 0.257 e. The second-order valence-corrected chi connectivity index (χ2v) is 8.74. The van der Waals surface area contributed by atoms with E-state index in [2.05, 4.69) is 10.0 Å². The van der Waals surface area contributed by atoms with Gasteiger partial charge < -0.3 is 5.32 Å². The maximum absolute atomic E-state index is 12.7. The molecule has 0 atom stereocenters. The van der Waals surface area contributed by atoms with Crippen LogP contribution in [-0.4, -0.2) is 20.4 Å². The first-order valence-electron chi connectivity index (χ1n) is 7.92. The lowest BCUT2D eigenvalue weighted by molar-refractivity contribution is 0.102. The minimum Gasteiger partial charge on any atom is -0.322 e. The number of aryl methyl sites for hydroxylation is 1. The summed E-state index contributed by atoms with van der Waals surface area (Å²) in [5.74, 6) is -0.513. The van der Waals surface area contributed by atoms with Gasteiger partial charge in [0.2, 0.25) is 10.0 Å². The van der Waals surface area contributed by atoms with E-state index >= 15 is 0 Å². The van der Waals surface area contributed by atoms with Crippen molar-refractivity contribution in [2.24, 2.45) is 0 Å². The fourth-order valence-corrected chi connectivity index (χ4v) is 4.47. The van der Waals surface area contributed by atoms with E-state index in [1.54, 1.807) is 19.9 Å². The van der Waals surface area contributed by atoms with Crippen LogP contribution in [0.15, 0.2) is 35.2 Å². The quantitative estimate of drug-likeness (QED) is 0.753. The van der Waals surface area contributed by atoms with Crippen LogP contribution in [-0.2, 0) is 10.0 Å². The molecule has 8 heteroatoms. The van der Waals surface area contributed by atoms with Crippen LogP contribution in [0.4, 0.5) is 5.69 Å². The highest BCUT2D eigenvalue weighted by Gasteiger charge is 2.23. The number of carbonyl (C=O) groups is 1. The molecule has 2 aromatic rings. The van der Waals surface area contributed by atoms with Crippen molar-refractivity contribution in [2.75, 3.05) is 5.32 Å². The van der Waals surface area contributed by atoms with Crippen LogP contribution in [0.5, 0.6) is 0 Å². The van der Waals surface area contributed by atoms with Crippen LogP contribution in [0.2, 0.25) is 10.0 Å². The van der Waals surface area contributed by atoms with Gasteiger partial charge >= 0.3 is 0 Å². The zero-order chi connectivity index (χ0) is 19.6. The van der Waals surface area contributed by atoms with Gasteiger partial charge in [-0.3, -0.25) is 4.79 Å². The zero-order valence-electron chi connectivity index (χ0n) is 14.9. The second kappa shape index (κ2) is 7.96. The Morgan fingerprint density at radius 1 is 1.08 bits per heavy atom. The van der Waals surface area contributed by atoms with Crippen LogP contribution >= 0.6 is 23.2 Å². The minimum absolute atomic E-state index is 0.0288. The molecule has 0 fully saturated rings. The van der Waals surface area contributed by atoms with Crippen LogP contribution in [0, 0.1) is 13.8 Å². The molecule has 0 spiro atoms. The highest BCUT2D eigenvalue weighted by atomic mass is 35.5. The highest BCUT2D eigenvalue weighted by molar-refractivity contribution is 7.89. The Hall–Kier alpha value is -1.60. The van der Waals surface area contributed by atoms with E-state index in [9.17, 15) is 13.2 Å². The van der Waals surface area contributed by atoms with Gasteiger partial charge in [0.15, 0.2) is 0 Å². The molecule has 2 aromatic carbocycles. The molecule has 0 heterocycles. The number of hydrogen-bond donors (Lipinski definition) is 2. The molecule has 0 aliphatic carbocycles. The third-order valence-electron chi connectivity index (χ3n) is 3.80. The van der Waals surface area contributed by atoms with E-state index in [4.69, 9.17) is 23.2 Å². The number of anilines is 1. The van der Waals surface area contributed by atoms with Crippen molar-refractivity contribution < 1.29 is 13.2 Å². The van der Waals surface area contributed by atoms with Crippen molar-refractivity contribution in [3.8, 4) is 0 Å². The Kier molecular flexibility index (Phi) is 6.34. The fourth-order valence-electron chi connectivity index (χ4n) is 2.36. The Balaban J connectivity index is 2.45. The Morgan fingerprint density at radius 2 is 1.73 bits per heavy atom. The molecule has 0 bridgehead atoms. The average molecular weight is 415 g/mol. The molecule has 0 unspecified atom stereocenters. The van der Waals surface area contributed by atoms with E-state index in [-0.39, 0.29) is 26.5 Å². The smallest absolute Gasteiger partial charge is 0.257 e. The molecule has 0 aromatic heterocycles. The van der Waals surface area contributed by atoms with Crippen LogP contribution in [0.3, 0.4) is 0 Å². The largest absolute Gasteiger partial charge is 0.322 e. The molecule has 1 amide bonds. The number of sulfonamides is 1.